The summed E-state index contributed by atoms with van der Waals surface area (Å²) in [5, 5.41) is 0. The molecule has 2 heterocycles. The standard InChI is InChI=1S/C12H18BrN3O2/c1-12(2,3)18-11(17)16-6-4-5-10(16)15-7-9(13)14-8-15/h7-8,10H,4-6H2,1-3H3/t10-/m0/s1. The number of halogens is 1. The fourth-order valence-corrected chi connectivity index (χ4v) is 2.40. The van der Waals surface area contributed by atoms with E-state index in [1.165, 1.54) is 0 Å². The van der Waals surface area contributed by atoms with Gasteiger partial charge in [-0.2, -0.15) is 0 Å². The van der Waals surface area contributed by atoms with Crippen LogP contribution in [0.1, 0.15) is 39.8 Å². The molecule has 0 spiro atoms. The summed E-state index contributed by atoms with van der Waals surface area (Å²) in [4.78, 5) is 18.0. The van der Waals surface area contributed by atoms with Gasteiger partial charge in [0, 0.05) is 12.7 Å². The van der Waals surface area contributed by atoms with Crippen molar-refractivity contribution in [3.8, 4) is 0 Å². The Morgan fingerprint density at radius 1 is 1.56 bits per heavy atom. The van der Waals surface area contributed by atoms with E-state index in [1.54, 1.807) is 11.2 Å². The highest BCUT2D eigenvalue weighted by atomic mass is 79.9. The molecule has 0 aromatic carbocycles. The Kier molecular flexibility index (Phi) is 3.66. The number of nitrogens with zero attached hydrogens (tertiary/aromatic N) is 3. The molecule has 2 rings (SSSR count). The summed E-state index contributed by atoms with van der Waals surface area (Å²) >= 11 is 3.32. The molecule has 0 unspecified atom stereocenters. The summed E-state index contributed by atoms with van der Waals surface area (Å²) in [6, 6.07) is 0. The maximum atomic E-state index is 12.1. The van der Waals surface area contributed by atoms with Crippen LogP contribution < -0.4 is 0 Å². The van der Waals surface area contributed by atoms with Crippen molar-refractivity contribution < 1.29 is 9.53 Å². The van der Waals surface area contributed by atoms with Crippen LogP contribution in [0.2, 0.25) is 0 Å². The summed E-state index contributed by atoms with van der Waals surface area (Å²) in [6.45, 7) is 6.37. The van der Waals surface area contributed by atoms with Gasteiger partial charge in [-0.1, -0.05) is 0 Å². The highest BCUT2D eigenvalue weighted by molar-refractivity contribution is 9.10. The van der Waals surface area contributed by atoms with Gasteiger partial charge in [0.2, 0.25) is 0 Å². The van der Waals surface area contributed by atoms with Gasteiger partial charge in [-0.15, -0.1) is 0 Å². The molecule has 1 aromatic heterocycles. The number of carbonyl (C=O) groups excluding carboxylic acids is 1. The molecule has 5 nitrogen and oxygen atoms in total. The monoisotopic (exact) mass is 315 g/mol. The Bertz CT molecular complexity index is 439. The number of ether oxygens (including phenoxy) is 1. The number of hydrogen-bond acceptors (Lipinski definition) is 3. The molecule has 1 atom stereocenters. The molecule has 18 heavy (non-hydrogen) atoms. The van der Waals surface area contributed by atoms with Crippen LogP contribution >= 0.6 is 15.9 Å². The van der Waals surface area contributed by atoms with Gasteiger partial charge in [0.15, 0.2) is 0 Å². The Labute approximate surface area is 115 Å². The topological polar surface area (TPSA) is 47.4 Å². The number of amides is 1. The predicted molar refractivity (Wildman–Crippen MR) is 71.1 cm³/mol. The minimum Gasteiger partial charge on any atom is -0.444 e. The molecular weight excluding hydrogens is 298 g/mol. The first-order chi connectivity index (χ1) is 8.37. The summed E-state index contributed by atoms with van der Waals surface area (Å²) in [5.74, 6) is 0. The lowest BCUT2D eigenvalue weighted by Crippen LogP contribution is -2.37. The first kappa shape index (κ1) is 13.4. The van der Waals surface area contributed by atoms with Crippen LogP contribution in [0.15, 0.2) is 17.1 Å². The summed E-state index contributed by atoms with van der Waals surface area (Å²) in [7, 11) is 0. The summed E-state index contributed by atoms with van der Waals surface area (Å²) in [5.41, 5.74) is -0.459. The van der Waals surface area contributed by atoms with E-state index in [-0.39, 0.29) is 12.3 Å². The van der Waals surface area contributed by atoms with Crippen molar-refractivity contribution in [3.05, 3.63) is 17.1 Å². The van der Waals surface area contributed by atoms with E-state index in [2.05, 4.69) is 20.9 Å². The van der Waals surface area contributed by atoms with Gasteiger partial charge in [0.1, 0.15) is 16.4 Å². The van der Waals surface area contributed by atoms with Gasteiger partial charge < -0.3 is 9.30 Å². The molecule has 0 radical (unpaired) electrons. The lowest BCUT2D eigenvalue weighted by molar-refractivity contribution is 0.0163. The Morgan fingerprint density at radius 3 is 2.83 bits per heavy atom. The van der Waals surface area contributed by atoms with E-state index in [4.69, 9.17) is 4.74 Å². The Balaban J connectivity index is 2.10. The Hall–Kier alpha value is -1.04. The second kappa shape index (κ2) is 4.91. The molecule has 0 N–H and O–H groups in total. The van der Waals surface area contributed by atoms with Crippen LogP contribution in [0.4, 0.5) is 4.79 Å². The van der Waals surface area contributed by atoms with Crippen LogP contribution in [-0.2, 0) is 4.74 Å². The first-order valence-corrected chi connectivity index (χ1v) is 6.85. The van der Waals surface area contributed by atoms with Crippen molar-refractivity contribution in [2.75, 3.05) is 6.54 Å². The quantitative estimate of drug-likeness (QED) is 0.799. The van der Waals surface area contributed by atoms with Crippen LogP contribution in [0, 0.1) is 0 Å². The van der Waals surface area contributed by atoms with Gasteiger partial charge in [0.25, 0.3) is 0 Å². The first-order valence-electron chi connectivity index (χ1n) is 6.05. The molecular formula is C12H18BrN3O2. The van der Waals surface area contributed by atoms with Crippen molar-refractivity contribution in [3.63, 3.8) is 0 Å². The molecule has 0 aliphatic carbocycles. The number of carbonyl (C=O) groups is 1. The van der Waals surface area contributed by atoms with E-state index in [9.17, 15) is 4.79 Å². The lowest BCUT2D eigenvalue weighted by Gasteiger charge is -2.29. The average molecular weight is 316 g/mol. The fraction of sp³-hybridized carbons (Fsp3) is 0.667. The largest absolute Gasteiger partial charge is 0.444 e. The number of aromatic nitrogens is 2. The van der Waals surface area contributed by atoms with Gasteiger partial charge >= 0.3 is 6.09 Å². The lowest BCUT2D eigenvalue weighted by atomic mass is 10.2. The second-order valence-electron chi connectivity index (χ2n) is 5.44. The highest BCUT2D eigenvalue weighted by Crippen LogP contribution is 2.29. The van der Waals surface area contributed by atoms with Gasteiger partial charge in [-0.3, -0.25) is 4.90 Å². The smallest absolute Gasteiger partial charge is 0.411 e. The number of imidazole rings is 1. The third-order valence-electron chi connectivity index (χ3n) is 2.76. The number of hydrogen-bond donors (Lipinski definition) is 0. The minimum absolute atomic E-state index is 0.0126. The molecule has 0 bridgehead atoms. The third-order valence-corrected chi connectivity index (χ3v) is 3.17. The molecule has 1 amide bonds. The van der Waals surface area contributed by atoms with Crippen molar-refractivity contribution in [2.45, 2.75) is 45.4 Å². The van der Waals surface area contributed by atoms with E-state index < -0.39 is 5.60 Å². The molecule has 1 aliphatic heterocycles. The van der Waals surface area contributed by atoms with Gasteiger partial charge in [0.05, 0.1) is 6.33 Å². The molecule has 100 valence electrons. The molecule has 6 heteroatoms. The molecule has 0 saturated carbocycles. The maximum absolute atomic E-state index is 12.1. The zero-order valence-corrected chi connectivity index (χ0v) is 12.5. The fourth-order valence-electron chi connectivity index (χ4n) is 2.07. The van der Waals surface area contributed by atoms with Gasteiger partial charge in [-0.05, 0) is 49.5 Å². The van der Waals surface area contributed by atoms with E-state index in [1.807, 2.05) is 31.5 Å². The van der Waals surface area contributed by atoms with E-state index in [0.717, 1.165) is 24.0 Å². The summed E-state index contributed by atoms with van der Waals surface area (Å²) < 4.78 is 8.14. The predicted octanol–water partition coefficient (Wildman–Crippen LogP) is 3.18. The molecule has 1 saturated heterocycles. The minimum atomic E-state index is -0.459. The third kappa shape index (κ3) is 3.04. The van der Waals surface area contributed by atoms with Crippen LogP contribution in [-0.4, -0.2) is 32.7 Å². The average Bonchev–Trinajstić information content (AvgIpc) is 2.81. The normalized spacial score (nSPS) is 20.2. The number of rotatable bonds is 1. The van der Waals surface area contributed by atoms with Crippen molar-refractivity contribution in [1.82, 2.24) is 14.5 Å². The highest BCUT2D eigenvalue weighted by Gasteiger charge is 2.33. The van der Waals surface area contributed by atoms with E-state index in [0.29, 0.717) is 0 Å². The van der Waals surface area contributed by atoms with E-state index >= 15 is 0 Å². The molecule has 1 aliphatic rings. The number of likely N-dealkylation sites (tertiary alicyclic amines) is 1. The molecule has 1 fully saturated rings. The van der Waals surface area contributed by atoms with Crippen molar-refractivity contribution in [1.29, 1.82) is 0 Å². The zero-order valence-electron chi connectivity index (χ0n) is 10.9. The van der Waals surface area contributed by atoms with Crippen LogP contribution in [0.3, 0.4) is 0 Å². The SMILES string of the molecule is CC(C)(C)OC(=O)N1CCC[C@H]1n1cnc(Br)c1. The Morgan fingerprint density at radius 2 is 2.28 bits per heavy atom. The van der Waals surface area contributed by atoms with Crippen LogP contribution in [0.25, 0.3) is 0 Å². The van der Waals surface area contributed by atoms with Crippen LogP contribution in [0.5, 0.6) is 0 Å². The van der Waals surface area contributed by atoms with Gasteiger partial charge in [-0.25, -0.2) is 9.78 Å². The second-order valence-corrected chi connectivity index (χ2v) is 6.25. The summed E-state index contributed by atoms with van der Waals surface area (Å²) in [6.07, 6.45) is 5.29. The maximum Gasteiger partial charge on any atom is 0.411 e. The molecule has 1 aromatic rings. The zero-order chi connectivity index (χ0) is 13.3. The van der Waals surface area contributed by atoms with Crippen molar-refractivity contribution in [2.24, 2.45) is 0 Å². The van der Waals surface area contributed by atoms with Crippen molar-refractivity contribution >= 4 is 22.0 Å².